The molecule has 2 aromatic heterocycles. The number of fused-ring (bicyclic) bond motifs is 1. The molecule has 0 spiro atoms. The van der Waals surface area contributed by atoms with Crippen molar-refractivity contribution in [2.75, 3.05) is 31.1 Å². The van der Waals surface area contributed by atoms with Crippen LogP contribution in [0.15, 0.2) is 10.9 Å². The van der Waals surface area contributed by atoms with Crippen molar-refractivity contribution in [2.24, 2.45) is 0 Å². The smallest absolute Gasteiger partial charge is 0.360 e. The molecule has 0 atom stereocenters. The summed E-state index contributed by atoms with van der Waals surface area (Å²) in [5, 5.41) is 16.0. The van der Waals surface area contributed by atoms with Gasteiger partial charge < -0.3 is 15.3 Å². The number of piperazine rings is 1. The number of carbonyl (C=O) groups is 1. The lowest BCUT2D eigenvalue weighted by Gasteiger charge is -2.28. The zero-order chi connectivity index (χ0) is 16.6. The molecule has 122 valence electrons. The van der Waals surface area contributed by atoms with E-state index >= 15 is 0 Å². The van der Waals surface area contributed by atoms with Gasteiger partial charge in [-0.25, -0.2) is 18.9 Å². The number of halogens is 1. The van der Waals surface area contributed by atoms with Gasteiger partial charge in [-0.3, -0.25) is 4.79 Å². The summed E-state index contributed by atoms with van der Waals surface area (Å²) in [6.07, 6.45) is 0. The van der Waals surface area contributed by atoms with Crippen LogP contribution in [0.4, 0.5) is 10.2 Å². The fraction of sp³-hybridized carbons (Fsp3) is 0.429. The Morgan fingerprint density at radius 1 is 1.43 bits per heavy atom. The summed E-state index contributed by atoms with van der Waals surface area (Å²) in [5.41, 5.74) is -1.26. The normalized spacial score (nSPS) is 15.1. The first kappa shape index (κ1) is 15.3. The average Bonchev–Trinajstić information content (AvgIpc) is 2.55. The molecular formula is C14H16FN5O3. The number of hydrogen-bond acceptors (Lipinski definition) is 6. The van der Waals surface area contributed by atoms with Crippen molar-refractivity contribution in [3.63, 3.8) is 0 Å². The number of pyridine rings is 1. The van der Waals surface area contributed by atoms with Crippen LogP contribution in [0, 0.1) is 5.82 Å². The highest BCUT2D eigenvalue weighted by molar-refractivity contribution is 5.89. The Labute approximate surface area is 130 Å². The van der Waals surface area contributed by atoms with Crippen molar-refractivity contribution < 1.29 is 14.3 Å². The van der Waals surface area contributed by atoms with Crippen molar-refractivity contribution in [1.82, 2.24) is 20.1 Å². The first-order valence-electron chi connectivity index (χ1n) is 7.33. The van der Waals surface area contributed by atoms with E-state index in [1.807, 2.05) is 0 Å². The summed E-state index contributed by atoms with van der Waals surface area (Å²) in [4.78, 5) is 29.4. The molecule has 0 aliphatic carbocycles. The zero-order valence-corrected chi connectivity index (χ0v) is 12.5. The Bertz CT molecular complexity index is 829. The van der Waals surface area contributed by atoms with Crippen LogP contribution in [-0.4, -0.2) is 52.0 Å². The van der Waals surface area contributed by atoms with Gasteiger partial charge in [0.2, 0.25) is 11.1 Å². The number of rotatable bonds is 3. The molecule has 0 radical (unpaired) electrons. The van der Waals surface area contributed by atoms with E-state index < -0.39 is 22.9 Å². The molecule has 1 fully saturated rings. The minimum absolute atomic E-state index is 0.0735. The fourth-order valence-electron chi connectivity index (χ4n) is 2.63. The second-order valence-corrected chi connectivity index (χ2v) is 5.20. The zero-order valence-electron chi connectivity index (χ0n) is 12.5. The molecule has 1 saturated heterocycles. The van der Waals surface area contributed by atoms with Gasteiger partial charge in [-0.2, -0.15) is 5.10 Å². The van der Waals surface area contributed by atoms with Crippen LogP contribution in [-0.2, 0) is 6.54 Å². The molecule has 0 unspecified atom stereocenters. The first-order valence-corrected chi connectivity index (χ1v) is 7.33. The van der Waals surface area contributed by atoms with Crippen LogP contribution in [0.25, 0.3) is 11.0 Å². The summed E-state index contributed by atoms with van der Waals surface area (Å²) in [6.45, 7) is 4.71. The van der Waals surface area contributed by atoms with Gasteiger partial charge in [-0.1, -0.05) is 0 Å². The molecule has 8 nitrogen and oxygen atoms in total. The molecule has 2 aromatic rings. The minimum Gasteiger partial charge on any atom is -0.476 e. The molecule has 1 aliphatic heterocycles. The molecule has 0 bridgehead atoms. The summed E-state index contributed by atoms with van der Waals surface area (Å²) >= 11 is 0. The molecule has 3 rings (SSSR count). The predicted molar refractivity (Wildman–Crippen MR) is 81.5 cm³/mol. The monoisotopic (exact) mass is 321 g/mol. The van der Waals surface area contributed by atoms with Crippen LogP contribution < -0.4 is 15.6 Å². The van der Waals surface area contributed by atoms with E-state index in [0.29, 0.717) is 19.6 Å². The van der Waals surface area contributed by atoms with Crippen LogP contribution >= 0.6 is 0 Å². The maximum absolute atomic E-state index is 14.4. The van der Waals surface area contributed by atoms with E-state index in [0.717, 1.165) is 19.2 Å². The van der Waals surface area contributed by atoms with E-state index in [1.54, 1.807) is 11.8 Å². The van der Waals surface area contributed by atoms with Crippen LogP contribution in [0.1, 0.15) is 17.4 Å². The molecular weight excluding hydrogens is 305 g/mol. The third kappa shape index (κ3) is 2.63. The number of carboxylic acids is 1. The lowest BCUT2D eigenvalue weighted by Crippen LogP contribution is -2.44. The Morgan fingerprint density at radius 2 is 2.13 bits per heavy atom. The van der Waals surface area contributed by atoms with Crippen molar-refractivity contribution in [1.29, 1.82) is 0 Å². The van der Waals surface area contributed by atoms with Crippen molar-refractivity contribution in [2.45, 2.75) is 13.5 Å². The van der Waals surface area contributed by atoms with Gasteiger partial charge in [0.25, 0.3) is 0 Å². The average molecular weight is 321 g/mol. The Morgan fingerprint density at radius 3 is 2.74 bits per heavy atom. The van der Waals surface area contributed by atoms with E-state index in [9.17, 15) is 14.0 Å². The second kappa shape index (κ2) is 5.92. The number of aryl methyl sites for hydroxylation is 1. The molecule has 9 heteroatoms. The lowest BCUT2D eigenvalue weighted by atomic mass is 10.2. The number of anilines is 1. The summed E-state index contributed by atoms with van der Waals surface area (Å²) in [5.74, 6) is -1.92. The molecule has 0 amide bonds. The number of carboxylic acid groups (broad SMARTS) is 1. The van der Waals surface area contributed by atoms with E-state index in [1.165, 1.54) is 4.68 Å². The largest absolute Gasteiger partial charge is 0.476 e. The van der Waals surface area contributed by atoms with Gasteiger partial charge in [-0.15, -0.1) is 0 Å². The third-order valence-corrected chi connectivity index (χ3v) is 3.78. The van der Waals surface area contributed by atoms with Gasteiger partial charge in [-0.05, 0) is 13.0 Å². The van der Waals surface area contributed by atoms with Gasteiger partial charge in [0.1, 0.15) is 0 Å². The van der Waals surface area contributed by atoms with Crippen LogP contribution in [0.5, 0.6) is 0 Å². The molecule has 1 aliphatic rings. The highest BCUT2D eigenvalue weighted by Gasteiger charge is 2.22. The van der Waals surface area contributed by atoms with E-state index in [-0.39, 0.29) is 16.9 Å². The number of hydrogen-bond donors (Lipinski definition) is 2. The number of aromatic nitrogens is 3. The van der Waals surface area contributed by atoms with E-state index in [4.69, 9.17) is 5.11 Å². The SMILES string of the molecule is CCn1nc(C(=O)O)c(=O)c2cc(F)c(N3CCNCC3)nc21. The minimum atomic E-state index is -1.44. The highest BCUT2D eigenvalue weighted by atomic mass is 19.1. The Balaban J connectivity index is 2.24. The summed E-state index contributed by atoms with van der Waals surface area (Å²) in [6, 6.07) is 1.06. The number of nitrogens with zero attached hydrogens (tertiary/aromatic N) is 4. The Hall–Kier alpha value is -2.55. The van der Waals surface area contributed by atoms with Crippen molar-refractivity contribution in [3.05, 3.63) is 27.8 Å². The van der Waals surface area contributed by atoms with Gasteiger partial charge in [0.05, 0.1) is 5.39 Å². The summed E-state index contributed by atoms with van der Waals surface area (Å²) in [7, 11) is 0. The van der Waals surface area contributed by atoms with Crippen LogP contribution in [0.3, 0.4) is 0 Å². The van der Waals surface area contributed by atoms with Gasteiger partial charge >= 0.3 is 5.97 Å². The lowest BCUT2D eigenvalue weighted by molar-refractivity contribution is 0.0686. The third-order valence-electron chi connectivity index (χ3n) is 3.78. The van der Waals surface area contributed by atoms with Crippen molar-refractivity contribution in [3.8, 4) is 0 Å². The summed E-state index contributed by atoms with van der Waals surface area (Å²) < 4.78 is 15.7. The van der Waals surface area contributed by atoms with E-state index in [2.05, 4.69) is 15.4 Å². The topological polar surface area (TPSA) is 100 Å². The molecule has 3 heterocycles. The molecule has 23 heavy (non-hydrogen) atoms. The Kier molecular flexibility index (Phi) is 3.95. The highest BCUT2D eigenvalue weighted by Crippen LogP contribution is 2.21. The molecule has 0 aromatic carbocycles. The number of aromatic carboxylic acids is 1. The van der Waals surface area contributed by atoms with Crippen molar-refractivity contribution >= 4 is 22.8 Å². The number of nitrogens with one attached hydrogen (secondary N) is 1. The maximum Gasteiger partial charge on any atom is 0.360 e. The van der Waals surface area contributed by atoms with Gasteiger partial charge in [0, 0.05) is 32.7 Å². The first-order chi connectivity index (χ1) is 11.0. The fourth-order valence-corrected chi connectivity index (χ4v) is 2.63. The maximum atomic E-state index is 14.4. The van der Waals surface area contributed by atoms with Crippen LogP contribution in [0.2, 0.25) is 0 Å². The molecule has 0 saturated carbocycles. The van der Waals surface area contributed by atoms with Gasteiger partial charge in [0.15, 0.2) is 17.3 Å². The quantitative estimate of drug-likeness (QED) is 0.824. The molecule has 2 N–H and O–H groups in total. The second-order valence-electron chi connectivity index (χ2n) is 5.20. The standard InChI is InChI=1S/C14H16FN5O3/c1-2-20-12-8(11(21)10(18-20)14(22)23)7-9(15)13(17-12)19-5-3-16-4-6-19/h7,16H,2-6H2,1H3,(H,22,23). The predicted octanol–water partition coefficient (Wildman–Crippen LogP) is 0.0583.